The van der Waals surface area contributed by atoms with Crippen molar-refractivity contribution in [2.45, 2.75) is 94.8 Å². The number of carbonyl (C=O) groups is 2. The number of piperazine rings is 1. The number of nitrogens with one attached hydrogen (secondary N) is 1. The molecular weight excluding hydrogens is 633 g/mol. The molecule has 4 atom stereocenters. The number of nitrogens with two attached hydrogens (primary N) is 3. The Labute approximate surface area is 304 Å². The van der Waals surface area contributed by atoms with Crippen molar-refractivity contribution in [2.24, 2.45) is 23.1 Å². The number of carbonyl (C=O) groups excluding carboxylic acids is 2. The van der Waals surface area contributed by atoms with Gasteiger partial charge < -0.3 is 32.3 Å². The fourth-order valence-electron chi connectivity index (χ4n) is 8.44. The highest BCUT2D eigenvalue weighted by Crippen LogP contribution is 2.32. The van der Waals surface area contributed by atoms with Crippen molar-refractivity contribution < 1.29 is 9.59 Å². The van der Waals surface area contributed by atoms with Crippen LogP contribution in [0, 0.1) is 5.92 Å². The molecule has 2 fully saturated rings. The normalized spacial score (nSPS) is 19.7. The lowest BCUT2D eigenvalue weighted by molar-refractivity contribution is -0.149. The van der Waals surface area contributed by atoms with Gasteiger partial charge in [-0.25, -0.2) is 0 Å². The van der Waals surface area contributed by atoms with Crippen molar-refractivity contribution >= 4 is 33.4 Å². The van der Waals surface area contributed by atoms with Crippen LogP contribution >= 0.6 is 0 Å². The van der Waals surface area contributed by atoms with E-state index in [-0.39, 0.29) is 23.9 Å². The van der Waals surface area contributed by atoms with Gasteiger partial charge in [-0.1, -0.05) is 123 Å². The first-order valence-corrected chi connectivity index (χ1v) is 19.4. The van der Waals surface area contributed by atoms with E-state index >= 15 is 0 Å². The van der Waals surface area contributed by atoms with Gasteiger partial charge in [-0.15, -0.1) is 0 Å². The molecule has 1 saturated carbocycles. The van der Waals surface area contributed by atoms with Crippen molar-refractivity contribution in [1.82, 2.24) is 15.1 Å². The number of unbranched alkanes of at least 4 members (excludes halogenated alkanes) is 1. The van der Waals surface area contributed by atoms with Gasteiger partial charge in [-0.3, -0.25) is 9.59 Å². The van der Waals surface area contributed by atoms with Crippen LogP contribution in [-0.4, -0.2) is 78.5 Å². The van der Waals surface area contributed by atoms with E-state index in [4.69, 9.17) is 17.2 Å². The number of hydrogen-bond donors (Lipinski definition) is 4. The van der Waals surface area contributed by atoms with Gasteiger partial charge in [0.15, 0.2) is 0 Å². The Kier molecular flexibility index (Phi) is 13.1. The zero-order valence-electron chi connectivity index (χ0n) is 30.2. The Balaban J connectivity index is 1.21. The van der Waals surface area contributed by atoms with Crippen molar-refractivity contribution in [1.29, 1.82) is 0 Å². The van der Waals surface area contributed by atoms with Gasteiger partial charge in [0.1, 0.15) is 0 Å². The lowest BCUT2D eigenvalue weighted by Crippen LogP contribution is -2.65. The lowest BCUT2D eigenvalue weighted by atomic mass is 9.83. The van der Waals surface area contributed by atoms with Crippen LogP contribution in [0.1, 0.15) is 68.9 Å². The molecular formula is C43H58N6O2. The van der Waals surface area contributed by atoms with E-state index in [1.165, 1.54) is 42.9 Å². The number of fused-ring (bicyclic) bond motifs is 2. The summed E-state index contributed by atoms with van der Waals surface area (Å²) in [5.74, 6) is 0.519. The fourth-order valence-corrected chi connectivity index (χ4v) is 8.44. The molecule has 2 amide bonds. The molecule has 7 N–H and O–H groups in total. The summed E-state index contributed by atoms with van der Waals surface area (Å²) in [6.07, 6.45) is 10.7. The predicted molar refractivity (Wildman–Crippen MR) is 209 cm³/mol. The first kappa shape index (κ1) is 37.0. The standard InChI is InChI=1S/C43H58N6O2/c44-21-23-47-22-9-8-16-38-29-49(43(51)41(46)28-33-18-20-35-13-5-7-15-37(35)25-33)39(26-31-10-2-1-3-11-31)30-48(38)42(50)40(45)27-32-17-19-34-12-4-6-14-36(34)24-32/h4-7,12-15,17-20,24-25,31,38-41,47H,1-3,8-11,16,21-23,26-30,44-46H2/t38-,39+,40-,41+/m0/s1. The summed E-state index contributed by atoms with van der Waals surface area (Å²) in [6, 6.07) is 27.7. The Morgan fingerprint density at radius 1 is 0.667 bits per heavy atom. The average Bonchev–Trinajstić information content (AvgIpc) is 3.16. The number of benzene rings is 4. The maximum atomic E-state index is 14.4. The lowest BCUT2D eigenvalue weighted by Gasteiger charge is -2.49. The molecule has 0 aromatic heterocycles. The molecule has 4 aromatic carbocycles. The van der Waals surface area contributed by atoms with Gasteiger partial charge in [-0.05, 0) is 77.2 Å². The summed E-state index contributed by atoms with van der Waals surface area (Å²) in [4.78, 5) is 32.9. The van der Waals surface area contributed by atoms with Gasteiger partial charge >= 0.3 is 0 Å². The van der Waals surface area contributed by atoms with E-state index in [2.05, 4.69) is 70.9 Å². The van der Waals surface area contributed by atoms with Gasteiger partial charge in [0.05, 0.1) is 12.1 Å². The highest BCUT2D eigenvalue weighted by atomic mass is 16.2. The SMILES string of the molecule is NCCNCCCC[C@H]1CN(C(=O)[C@H](N)Cc2ccc3ccccc3c2)[C@H](CC2CCCCC2)CN1C(=O)[C@@H](N)Cc1ccc2ccccc2c1. The van der Waals surface area contributed by atoms with Crippen LogP contribution in [0.15, 0.2) is 84.9 Å². The van der Waals surface area contributed by atoms with E-state index in [0.29, 0.717) is 38.4 Å². The molecule has 272 valence electrons. The van der Waals surface area contributed by atoms with Gasteiger partial charge in [0, 0.05) is 38.3 Å². The topological polar surface area (TPSA) is 131 Å². The van der Waals surface area contributed by atoms with Crippen molar-refractivity contribution in [3.05, 3.63) is 96.1 Å². The molecule has 8 heteroatoms. The minimum absolute atomic E-state index is 0.00820. The largest absolute Gasteiger partial charge is 0.335 e. The molecule has 0 bridgehead atoms. The van der Waals surface area contributed by atoms with E-state index < -0.39 is 12.1 Å². The Hall–Kier alpha value is -3.82. The van der Waals surface area contributed by atoms with Crippen molar-refractivity contribution in [2.75, 3.05) is 32.7 Å². The number of hydrogen-bond acceptors (Lipinski definition) is 6. The van der Waals surface area contributed by atoms with E-state index in [1.54, 1.807) is 0 Å². The van der Waals surface area contributed by atoms with Crippen LogP contribution in [0.5, 0.6) is 0 Å². The molecule has 1 saturated heterocycles. The summed E-state index contributed by atoms with van der Waals surface area (Å²) >= 11 is 0. The van der Waals surface area contributed by atoms with Gasteiger partial charge in [0.25, 0.3) is 0 Å². The molecule has 6 rings (SSSR count). The third-order valence-corrected chi connectivity index (χ3v) is 11.2. The number of amides is 2. The van der Waals surface area contributed by atoms with Crippen LogP contribution in [0.2, 0.25) is 0 Å². The molecule has 51 heavy (non-hydrogen) atoms. The number of rotatable bonds is 15. The summed E-state index contributed by atoms with van der Waals surface area (Å²) in [6.45, 7) is 3.28. The van der Waals surface area contributed by atoms with Crippen molar-refractivity contribution in [3.8, 4) is 0 Å². The second-order valence-corrected chi connectivity index (χ2v) is 15.0. The Bertz CT molecular complexity index is 1740. The van der Waals surface area contributed by atoms with Gasteiger partial charge in [-0.2, -0.15) is 0 Å². The molecule has 8 nitrogen and oxygen atoms in total. The van der Waals surface area contributed by atoms with E-state index in [1.807, 2.05) is 29.2 Å². The average molecular weight is 691 g/mol. The van der Waals surface area contributed by atoms with Crippen molar-refractivity contribution in [3.63, 3.8) is 0 Å². The smallest absolute Gasteiger partial charge is 0.240 e. The van der Waals surface area contributed by atoms with Crippen LogP contribution in [-0.2, 0) is 22.4 Å². The van der Waals surface area contributed by atoms with Crippen LogP contribution in [0.25, 0.3) is 21.5 Å². The third-order valence-electron chi connectivity index (χ3n) is 11.2. The molecule has 1 heterocycles. The van der Waals surface area contributed by atoms with E-state index in [9.17, 15) is 9.59 Å². The molecule has 2 aliphatic rings. The zero-order valence-corrected chi connectivity index (χ0v) is 30.2. The number of nitrogens with zero attached hydrogens (tertiary/aromatic N) is 2. The summed E-state index contributed by atoms with van der Waals surface area (Å²) in [5.41, 5.74) is 21.4. The molecule has 4 aromatic rings. The maximum absolute atomic E-state index is 14.4. The highest BCUT2D eigenvalue weighted by molar-refractivity contribution is 5.87. The summed E-state index contributed by atoms with van der Waals surface area (Å²) < 4.78 is 0. The first-order chi connectivity index (χ1) is 24.9. The quantitative estimate of drug-likeness (QED) is 0.121. The zero-order chi connectivity index (χ0) is 35.6. The second kappa shape index (κ2) is 18.1. The Morgan fingerprint density at radius 3 is 1.76 bits per heavy atom. The third kappa shape index (κ3) is 9.74. The molecule has 0 radical (unpaired) electrons. The minimum Gasteiger partial charge on any atom is -0.335 e. The van der Waals surface area contributed by atoms with E-state index in [0.717, 1.165) is 60.7 Å². The van der Waals surface area contributed by atoms with Crippen LogP contribution < -0.4 is 22.5 Å². The predicted octanol–water partition coefficient (Wildman–Crippen LogP) is 5.53. The monoisotopic (exact) mass is 690 g/mol. The Morgan fingerprint density at radius 2 is 1.20 bits per heavy atom. The maximum Gasteiger partial charge on any atom is 0.240 e. The molecule has 0 unspecified atom stereocenters. The minimum atomic E-state index is -0.660. The fraction of sp³-hybridized carbons (Fsp3) is 0.488. The highest BCUT2D eigenvalue weighted by Gasteiger charge is 2.41. The summed E-state index contributed by atoms with van der Waals surface area (Å²) in [7, 11) is 0. The van der Waals surface area contributed by atoms with Gasteiger partial charge in [0.2, 0.25) is 11.8 Å². The molecule has 1 aliphatic carbocycles. The van der Waals surface area contributed by atoms with Crippen LogP contribution in [0.4, 0.5) is 0 Å². The molecule has 1 aliphatic heterocycles. The van der Waals surface area contributed by atoms with Crippen LogP contribution in [0.3, 0.4) is 0 Å². The first-order valence-electron chi connectivity index (χ1n) is 19.4. The summed E-state index contributed by atoms with van der Waals surface area (Å²) in [5, 5.41) is 8.04. The molecule has 0 spiro atoms. The second-order valence-electron chi connectivity index (χ2n) is 15.0.